The molecule has 8 heteroatoms. The van der Waals surface area contributed by atoms with Crippen LogP contribution < -0.4 is 0 Å². The Labute approximate surface area is 167 Å². The molecular formula is C20H16BrF3N2O2. The first-order valence-electron chi connectivity index (χ1n) is 8.29. The number of pyridine rings is 1. The van der Waals surface area contributed by atoms with E-state index in [4.69, 9.17) is 5.11 Å². The summed E-state index contributed by atoms with van der Waals surface area (Å²) in [5.74, 6) is -1.05. The van der Waals surface area contributed by atoms with Crippen LogP contribution in [0, 0.1) is 6.92 Å². The maximum Gasteiger partial charge on any atom is 0.416 e. The van der Waals surface area contributed by atoms with Crippen LogP contribution in [0.1, 0.15) is 29.2 Å². The van der Waals surface area contributed by atoms with Gasteiger partial charge in [-0.1, -0.05) is 11.6 Å². The van der Waals surface area contributed by atoms with Crippen molar-refractivity contribution in [1.29, 1.82) is 0 Å². The van der Waals surface area contributed by atoms with Crippen LogP contribution in [0.15, 0.2) is 46.7 Å². The number of fused-ring (bicyclic) bond motifs is 1. The Kier molecular flexibility index (Phi) is 5.34. The molecule has 0 aliphatic heterocycles. The van der Waals surface area contributed by atoms with Crippen LogP contribution in [0.25, 0.3) is 17.1 Å². The molecule has 4 nitrogen and oxygen atoms in total. The second-order valence-corrected chi connectivity index (χ2v) is 7.40. The summed E-state index contributed by atoms with van der Waals surface area (Å²) in [6, 6.07) is 5.65. The van der Waals surface area contributed by atoms with Gasteiger partial charge in [0.05, 0.1) is 5.56 Å². The number of aryl methyl sites for hydroxylation is 1. The van der Waals surface area contributed by atoms with E-state index in [2.05, 4.69) is 20.9 Å². The molecule has 28 heavy (non-hydrogen) atoms. The van der Waals surface area contributed by atoms with Crippen LogP contribution in [0.5, 0.6) is 0 Å². The van der Waals surface area contributed by atoms with Gasteiger partial charge in [0.15, 0.2) is 0 Å². The monoisotopic (exact) mass is 452 g/mol. The number of aromatic nitrogens is 2. The number of hydrogen-bond donors (Lipinski definition) is 1. The van der Waals surface area contributed by atoms with Gasteiger partial charge in [0, 0.05) is 39.9 Å². The zero-order chi connectivity index (χ0) is 20.6. The summed E-state index contributed by atoms with van der Waals surface area (Å²) in [7, 11) is 0. The van der Waals surface area contributed by atoms with E-state index in [1.807, 2.05) is 0 Å². The Morgan fingerprint density at radius 3 is 2.68 bits per heavy atom. The van der Waals surface area contributed by atoms with E-state index in [-0.39, 0.29) is 12.1 Å². The van der Waals surface area contributed by atoms with Gasteiger partial charge in [-0.3, -0.25) is 0 Å². The predicted octanol–water partition coefficient (Wildman–Crippen LogP) is 5.66. The molecule has 2 aromatic heterocycles. The highest BCUT2D eigenvalue weighted by molar-refractivity contribution is 9.10. The fourth-order valence-electron chi connectivity index (χ4n) is 3.05. The molecule has 0 atom stereocenters. The van der Waals surface area contributed by atoms with Gasteiger partial charge in [-0.05, 0) is 59.6 Å². The normalized spacial score (nSPS) is 12.6. The fraction of sp³-hybridized carbons (Fsp3) is 0.200. The summed E-state index contributed by atoms with van der Waals surface area (Å²) < 4.78 is 41.8. The minimum Gasteiger partial charge on any atom is -0.478 e. The average molecular weight is 453 g/mol. The topological polar surface area (TPSA) is 55.1 Å². The summed E-state index contributed by atoms with van der Waals surface area (Å²) in [5, 5.41) is 9.86. The van der Waals surface area contributed by atoms with Gasteiger partial charge in [0.1, 0.15) is 5.65 Å². The number of carbonyl (C=O) groups is 1. The van der Waals surface area contributed by atoms with E-state index < -0.39 is 17.7 Å². The zero-order valence-electron chi connectivity index (χ0n) is 15.0. The minimum absolute atomic E-state index is 0.143. The van der Waals surface area contributed by atoms with E-state index in [0.29, 0.717) is 27.7 Å². The third kappa shape index (κ3) is 4.11. The van der Waals surface area contributed by atoms with Crippen molar-refractivity contribution in [2.24, 2.45) is 0 Å². The average Bonchev–Trinajstić information content (AvgIpc) is 2.92. The first-order chi connectivity index (χ1) is 13.1. The van der Waals surface area contributed by atoms with E-state index in [9.17, 15) is 18.0 Å². The van der Waals surface area contributed by atoms with Gasteiger partial charge >= 0.3 is 12.1 Å². The molecule has 0 fully saturated rings. The Balaban J connectivity index is 2.13. The van der Waals surface area contributed by atoms with Gasteiger partial charge < -0.3 is 9.67 Å². The minimum atomic E-state index is -4.42. The van der Waals surface area contributed by atoms with Gasteiger partial charge in [-0.25, -0.2) is 9.78 Å². The number of alkyl halides is 3. The van der Waals surface area contributed by atoms with Crippen LogP contribution in [0.3, 0.4) is 0 Å². The Morgan fingerprint density at radius 1 is 1.32 bits per heavy atom. The van der Waals surface area contributed by atoms with Crippen LogP contribution in [0.2, 0.25) is 0 Å². The number of carboxylic acids is 1. The van der Waals surface area contributed by atoms with E-state index >= 15 is 0 Å². The van der Waals surface area contributed by atoms with Crippen LogP contribution >= 0.6 is 15.9 Å². The van der Waals surface area contributed by atoms with Gasteiger partial charge in [0.25, 0.3) is 0 Å². The highest BCUT2D eigenvalue weighted by atomic mass is 79.9. The lowest BCUT2D eigenvalue weighted by Crippen LogP contribution is -2.07. The molecular weight excluding hydrogens is 437 g/mol. The van der Waals surface area contributed by atoms with Crippen molar-refractivity contribution in [3.63, 3.8) is 0 Å². The molecule has 0 radical (unpaired) electrons. The van der Waals surface area contributed by atoms with Crippen molar-refractivity contribution in [1.82, 2.24) is 9.55 Å². The predicted molar refractivity (Wildman–Crippen MR) is 104 cm³/mol. The van der Waals surface area contributed by atoms with Crippen LogP contribution in [-0.4, -0.2) is 20.6 Å². The maximum atomic E-state index is 13.1. The van der Waals surface area contributed by atoms with E-state index in [1.165, 1.54) is 13.0 Å². The van der Waals surface area contributed by atoms with Crippen molar-refractivity contribution in [3.8, 4) is 0 Å². The van der Waals surface area contributed by atoms with Crippen molar-refractivity contribution >= 4 is 39.0 Å². The highest BCUT2D eigenvalue weighted by Gasteiger charge is 2.30. The van der Waals surface area contributed by atoms with E-state index in [0.717, 1.165) is 16.6 Å². The zero-order valence-corrected chi connectivity index (χ0v) is 16.6. The van der Waals surface area contributed by atoms with Crippen molar-refractivity contribution in [2.75, 3.05) is 0 Å². The van der Waals surface area contributed by atoms with E-state index in [1.54, 1.807) is 36.0 Å². The SMILES string of the molecule is C/C(=C\c1cn(Cc2cc(C)cc(C(F)(F)F)c2)c2nccc(Br)c12)C(=O)O. The van der Waals surface area contributed by atoms with Crippen molar-refractivity contribution < 1.29 is 23.1 Å². The van der Waals surface area contributed by atoms with Crippen molar-refractivity contribution in [3.05, 3.63) is 69.0 Å². The molecule has 146 valence electrons. The standard InChI is InChI=1S/C20H16BrF3N2O2/c1-11-5-13(8-15(6-11)20(22,23)24)9-26-10-14(7-12(2)19(27)28)17-16(21)3-4-25-18(17)26/h3-8,10H,9H2,1-2H3,(H,27,28)/b12-7+. The molecule has 1 aromatic carbocycles. The summed E-state index contributed by atoms with van der Waals surface area (Å²) in [6.07, 6.45) is 0.376. The molecule has 0 amide bonds. The number of halogens is 4. The molecule has 3 rings (SSSR count). The number of carboxylic acid groups (broad SMARTS) is 1. The van der Waals surface area contributed by atoms with Crippen molar-refractivity contribution in [2.45, 2.75) is 26.6 Å². The molecule has 0 aliphatic rings. The molecule has 0 unspecified atom stereocenters. The van der Waals surface area contributed by atoms with Gasteiger partial charge in [-0.15, -0.1) is 0 Å². The number of benzene rings is 1. The lowest BCUT2D eigenvalue weighted by atomic mass is 10.1. The Bertz CT molecular complexity index is 1100. The lowest BCUT2D eigenvalue weighted by molar-refractivity contribution is -0.137. The number of aliphatic carboxylic acids is 1. The number of rotatable bonds is 4. The molecule has 0 aliphatic carbocycles. The quantitative estimate of drug-likeness (QED) is 0.519. The first-order valence-corrected chi connectivity index (χ1v) is 9.08. The Morgan fingerprint density at radius 2 is 2.04 bits per heavy atom. The van der Waals surface area contributed by atoms with Gasteiger partial charge in [0.2, 0.25) is 0 Å². The molecule has 0 spiro atoms. The third-order valence-corrected chi connectivity index (χ3v) is 4.92. The molecule has 3 aromatic rings. The summed E-state index contributed by atoms with van der Waals surface area (Å²) in [6.45, 7) is 3.27. The first kappa shape index (κ1) is 20.1. The third-order valence-electron chi connectivity index (χ3n) is 4.26. The molecule has 0 saturated carbocycles. The summed E-state index contributed by atoms with van der Waals surface area (Å²) >= 11 is 3.44. The summed E-state index contributed by atoms with van der Waals surface area (Å²) in [4.78, 5) is 15.5. The second-order valence-electron chi connectivity index (χ2n) is 6.54. The molecule has 0 bridgehead atoms. The Hall–Kier alpha value is -2.61. The largest absolute Gasteiger partial charge is 0.478 e. The maximum absolute atomic E-state index is 13.1. The number of hydrogen-bond acceptors (Lipinski definition) is 2. The second kappa shape index (κ2) is 7.43. The summed E-state index contributed by atoms with van der Waals surface area (Å²) in [5.41, 5.74) is 1.61. The van der Waals surface area contributed by atoms with Crippen LogP contribution in [-0.2, 0) is 17.5 Å². The lowest BCUT2D eigenvalue weighted by Gasteiger charge is -2.11. The van der Waals surface area contributed by atoms with Crippen LogP contribution in [0.4, 0.5) is 13.2 Å². The fourth-order valence-corrected chi connectivity index (χ4v) is 3.57. The smallest absolute Gasteiger partial charge is 0.416 e. The molecule has 1 N–H and O–H groups in total. The van der Waals surface area contributed by atoms with Gasteiger partial charge in [-0.2, -0.15) is 13.2 Å². The molecule has 0 saturated heterocycles. The molecule has 2 heterocycles. The number of nitrogens with zero attached hydrogens (tertiary/aromatic N) is 2. The highest BCUT2D eigenvalue weighted by Crippen LogP contribution is 2.32.